The van der Waals surface area contributed by atoms with Crippen molar-refractivity contribution in [1.82, 2.24) is 24.6 Å². The lowest BCUT2D eigenvalue weighted by molar-refractivity contribution is 0.0697. The first-order chi connectivity index (χ1) is 15.9. The van der Waals surface area contributed by atoms with Gasteiger partial charge in [0, 0.05) is 58.0 Å². The van der Waals surface area contributed by atoms with E-state index in [1.165, 1.54) is 16.8 Å². The van der Waals surface area contributed by atoms with Crippen LogP contribution in [-0.4, -0.2) is 64.9 Å². The fourth-order valence-electron chi connectivity index (χ4n) is 4.09. The van der Waals surface area contributed by atoms with Gasteiger partial charge < -0.3 is 14.5 Å². The molecule has 4 rings (SSSR count). The fraction of sp³-hybridized carbons (Fsp3) is 0.375. The zero-order valence-electron chi connectivity index (χ0n) is 19.4. The molecule has 33 heavy (non-hydrogen) atoms. The Morgan fingerprint density at radius 3 is 2.76 bits per heavy atom. The molecule has 1 fully saturated rings. The molecule has 1 atom stereocenters. The van der Waals surface area contributed by atoms with Crippen LogP contribution in [0.15, 0.2) is 47.4 Å². The third-order valence-corrected chi connectivity index (χ3v) is 5.86. The normalized spacial score (nSPS) is 15.9. The van der Waals surface area contributed by atoms with Crippen LogP contribution in [0.3, 0.4) is 0 Å². The summed E-state index contributed by atoms with van der Waals surface area (Å²) < 4.78 is 6.59. The van der Waals surface area contributed by atoms with Gasteiger partial charge in [-0.2, -0.15) is 5.10 Å². The molecule has 1 aromatic carbocycles. The lowest BCUT2D eigenvalue weighted by atomic mass is 9.89. The number of amides is 1. The number of hydrogen-bond acceptors (Lipinski definition) is 7. The van der Waals surface area contributed by atoms with Crippen molar-refractivity contribution in [1.29, 1.82) is 0 Å². The molecule has 0 aliphatic carbocycles. The van der Waals surface area contributed by atoms with Crippen LogP contribution in [0.4, 0.5) is 5.95 Å². The molecule has 2 aromatic heterocycles. The van der Waals surface area contributed by atoms with E-state index in [0.29, 0.717) is 19.0 Å². The molecule has 0 radical (unpaired) electrons. The molecule has 1 saturated heterocycles. The molecule has 9 heteroatoms. The number of likely N-dealkylation sites (tertiary alicyclic amines) is 1. The minimum atomic E-state index is -0.247. The first-order valence-corrected chi connectivity index (χ1v) is 10.9. The standard InChI is InChI=1S/C24H28N6O3/c1-28(2)24-25-14-19(16-7-5-9-18(13-16)33-4)22(26-24)17-8-6-12-30(15-17)23(32)20-10-11-21(31)29(3)27-20/h5,7,9-11,13-14,17H,6,8,12,15H2,1-4H3/t17-/m1/s1. The van der Waals surface area contributed by atoms with Gasteiger partial charge in [0.25, 0.3) is 11.5 Å². The second-order valence-electron chi connectivity index (χ2n) is 8.37. The van der Waals surface area contributed by atoms with E-state index in [1.807, 2.05) is 49.5 Å². The van der Waals surface area contributed by atoms with Gasteiger partial charge in [-0.25, -0.2) is 14.6 Å². The molecule has 0 saturated carbocycles. The maximum atomic E-state index is 13.1. The van der Waals surface area contributed by atoms with Crippen molar-refractivity contribution in [3.8, 4) is 16.9 Å². The van der Waals surface area contributed by atoms with Crippen LogP contribution >= 0.6 is 0 Å². The Kier molecular flexibility index (Phi) is 6.39. The largest absolute Gasteiger partial charge is 0.497 e. The number of aryl methyl sites for hydroxylation is 1. The number of carbonyl (C=O) groups is 1. The maximum absolute atomic E-state index is 13.1. The second-order valence-corrected chi connectivity index (χ2v) is 8.37. The minimum absolute atomic E-state index is 0.0399. The third-order valence-electron chi connectivity index (χ3n) is 5.86. The van der Waals surface area contributed by atoms with Crippen LogP contribution < -0.4 is 15.2 Å². The predicted octanol–water partition coefficient (Wildman–Crippen LogP) is 2.33. The van der Waals surface area contributed by atoms with Crippen LogP contribution in [0.5, 0.6) is 5.75 Å². The summed E-state index contributed by atoms with van der Waals surface area (Å²) in [6, 6.07) is 10.7. The number of hydrogen-bond donors (Lipinski definition) is 0. The zero-order valence-corrected chi connectivity index (χ0v) is 19.4. The van der Waals surface area contributed by atoms with Gasteiger partial charge in [-0.15, -0.1) is 0 Å². The van der Waals surface area contributed by atoms with Crippen LogP contribution in [0.2, 0.25) is 0 Å². The molecule has 3 heterocycles. The number of ether oxygens (including phenoxy) is 1. The van der Waals surface area contributed by atoms with Crippen molar-refractivity contribution in [2.45, 2.75) is 18.8 Å². The van der Waals surface area contributed by atoms with E-state index in [2.05, 4.69) is 10.1 Å². The summed E-state index contributed by atoms with van der Waals surface area (Å²) in [4.78, 5) is 37.9. The molecular formula is C24H28N6O3. The minimum Gasteiger partial charge on any atom is -0.497 e. The number of methoxy groups -OCH3 is 1. The van der Waals surface area contributed by atoms with Gasteiger partial charge >= 0.3 is 0 Å². The van der Waals surface area contributed by atoms with Crippen molar-refractivity contribution >= 4 is 11.9 Å². The lowest BCUT2D eigenvalue weighted by Crippen LogP contribution is -2.40. The number of benzene rings is 1. The van der Waals surface area contributed by atoms with Crippen molar-refractivity contribution in [2.75, 3.05) is 39.2 Å². The maximum Gasteiger partial charge on any atom is 0.274 e. The molecule has 9 nitrogen and oxygen atoms in total. The molecule has 3 aromatic rings. The zero-order chi connectivity index (χ0) is 23.5. The highest BCUT2D eigenvalue weighted by Crippen LogP contribution is 2.35. The van der Waals surface area contributed by atoms with Crippen molar-refractivity contribution < 1.29 is 9.53 Å². The Morgan fingerprint density at radius 2 is 2.03 bits per heavy atom. The number of piperidine rings is 1. The number of nitrogens with zero attached hydrogens (tertiary/aromatic N) is 6. The van der Waals surface area contributed by atoms with E-state index in [4.69, 9.17) is 9.72 Å². The Bertz CT molecular complexity index is 1220. The number of anilines is 1. The van der Waals surface area contributed by atoms with E-state index in [1.54, 1.807) is 19.1 Å². The molecule has 0 bridgehead atoms. The van der Waals surface area contributed by atoms with Crippen LogP contribution in [0.25, 0.3) is 11.1 Å². The van der Waals surface area contributed by atoms with E-state index in [-0.39, 0.29) is 23.1 Å². The average Bonchev–Trinajstić information content (AvgIpc) is 2.85. The first-order valence-electron chi connectivity index (χ1n) is 10.9. The van der Waals surface area contributed by atoms with Gasteiger partial charge in [0.15, 0.2) is 0 Å². The molecule has 1 amide bonds. The monoisotopic (exact) mass is 448 g/mol. The van der Waals surface area contributed by atoms with Gasteiger partial charge in [0.2, 0.25) is 5.95 Å². The first kappa shape index (κ1) is 22.4. The molecule has 1 aliphatic rings. The highest BCUT2D eigenvalue weighted by atomic mass is 16.5. The Balaban J connectivity index is 1.69. The molecule has 0 unspecified atom stereocenters. The smallest absolute Gasteiger partial charge is 0.274 e. The summed E-state index contributed by atoms with van der Waals surface area (Å²) in [6.45, 7) is 1.16. The van der Waals surface area contributed by atoms with Crippen molar-refractivity contribution in [2.24, 2.45) is 7.05 Å². The van der Waals surface area contributed by atoms with Crippen molar-refractivity contribution in [3.63, 3.8) is 0 Å². The van der Waals surface area contributed by atoms with E-state index < -0.39 is 0 Å². The van der Waals surface area contributed by atoms with Gasteiger partial charge in [-0.1, -0.05) is 12.1 Å². The van der Waals surface area contributed by atoms with Gasteiger partial charge in [-0.05, 0) is 36.6 Å². The fourth-order valence-corrected chi connectivity index (χ4v) is 4.09. The third kappa shape index (κ3) is 4.72. The number of rotatable bonds is 5. The summed E-state index contributed by atoms with van der Waals surface area (Å²) in [6.07, 6.45) is 3.61. The van der Waals surface area contributed by atoms with Crippen LogP contribution in [0, 0.1) is 0 Å². The highest BCUT2D eigenvalue weighted by Gasteiger charge is 2.29. The molecule has 0 N–H and O–H groups in total. The Morgan fingerprint density at radius 1 is 1.21 bits per heavy atom. The highest BCUT2D eigenvalue weighted by molar-refractivity contribution is 5.92. The summed E-state index contributed by atoms with van der Waals surface area (Å²) in [5.41, 5.74) is 2.83. The summed E-state index contributed by atoms with van der Waals surface area (Å²) in [5.74, 6) is 1.24. The predicted molar refractivity (Wildman–Crippen MR) is 126 cm³/mol. The molecule has 1 aliphatic heterocycles. The summed E-state index contributed by atoms with van der Waals surface area (Å²) >= 11 is 0. The second kappa shape index (κ2) is 9.40. The molecule has 172 valence electrons. The lowest BCUT2D eigenvalue weighted by Gasteiger charge is -2.33. The van der Waals surface area contributed by atoms with Gasteiger partial charge in [-0.3, -0.25) is 9.59 Å². The summed E-state index contributed by atoms with van der Waals surface area (Å²) in [5, 5.41) is 4.13. The summed E-state index contributed by atoms with van der Waals surface area (Å²) in [7, 11) is 7.00. The number of carbonyl (C=O) groups excluding carboxylic acids is 1. The van der Waals surface area contributed by atoms with Crippen molar-refractivity contribution in [3.05, 3.63) is 64.3 Å². The quantitative estimate of drug-likeness (QED) is 0.591. The Hall–Kier alpha value is -3.75. The van der Waals surface area contributed by atoms with Gasteiger partial charge in [0.1, 0.15) is 11.4 Å². The van der Waals surface area contributed by atoms with Gasteiger partial charge in [0.05, 0.1) is 12.8 Å². The van der Waals surface area contributed by atoms with E-state index in [9.17, 15) is 9.59 Å². The SMILES string of the molecule is COc1cccc(-c2cnc(N(C)C)nc2[C@@H]2CCCN(C(=O)c3ccc(=O)n(C)n3)C2)c1. The Labute approximate surface area is 192 Å². The van der Waals surface area contributed by atoms with Crippen LogP contribution in [0.1, 0.15) is 34.9 Å². The van der Waals surface area contributed by atoms with Crippen LogP contribution in [-0.2, 0) is 7.05 Å². The number of aromatic nitrogens is 4. The van der Waals surface area contributed by atoms with E-state index >= 15 is 0 Å². The topological polar surface area (TPSA) is 93.5 Å². The average molecular weight is 449 g/mol. The molecule has 0 spiro atoms. The molecular weight excluding hydrogens is 420 g/mol. The van der Waals surface area contributed by atoms with E-state index in [0.717, 1.165) is 35.4 Å².